The Hall–Kier alpha value is -4.08. The summed E-state index contributed by atoms with van der Waals surface area (Å²) in [5.74, 6) is 2.55. The molecular formula is C29H29Cl2N7O2. The number of benzene rings is 3. The molecule has 206 valence electrons. The van der Waals surface area contributed by atoms with E-state index >= 15 is 0 Å². The van der Waals surface area contributed by atoms with Crippen LogP contribution in [0.15, 0.2) is 71.8 Å². The maximum atomic E-state index is 6.30. The van der Waals surface area contributed by atoms with Crippen LogP contribution < -0.4 is 25.1 Å². The number of ether oxygens (including phenoxy) is 2. The molecule has 0 radical (unpaired) electrons. The van der Waals surface area contributed by atoms with Gasteiger partial charge in [-0.15, -0.1) is 0 Å². The molecule has 0 aliphatic carbocycles. The Morgan fingerprint density at radius 3 is 2.48 bits per heavy atom. The van der Waals surface area contributed by atoms with Crippen molar-refractivity contribution < 1.29 is 9.47 Å². The van der Waals surface area contributed by atoms with Crippen LogP contribution in [0.4, 0.5) is 23.5 Å². The molecule has 9 nitrogen and oxygen atoms in total. The van der Waals surface area contributed by atoms with Crippen LogP contribution in [-0.4, -0.2) is 41.4 Å². The highest BCUT2D eigenvalue weighted by molar-refractivity contribution is 6.35. The Labute approximate surface area is 243 Å². The van der Waals surface area contributed by atoms with E-state index in [0.717, 1.165) is 42.7 Å². The first-order valence-corrected chi connectivity index (χ1v) is 13.7. The summed E-state index contributed by atoms with van der Waals surface area (Å²) in [4.78, 5) is 16.0. The summed E-state index contributed by atoms with van der Waals surface area (Å²) in [5.41, 5.74) is 5.45. The van der Waals surface area contributed by atoms with E-state index in [1.165, 1.54) is 6.42 Å². The third-order valence-corrected chi connectivity index (χ3v) is 6.84. The van der Waals surface area contributed by atoms with Gasteiger partial charge in [-0.1, -0.05) is 47.5 Å². The fraction of sp³-hybridized carbons (Fsp3) is 0.241. The van der Waals surface area contributed by atoms with Crippen molar-refractivity contribution in [2.45, 2.75) is 25.9 Å². The minimum Gasteiger partial charge on any atom is -0.493 e. The molecule has 2 heterocycles. The van der Waals surface area contributed by atoms with Gasteiger partial charge in [0.25, 0.3) is 0 Å². The fourth-order valence-corrected chi connectivity index (χ4v) is 4.66. The number of hydrogen-bond donors (Lipinski definition) is 2. The number of methoxy groups -OCH3 is 1. The van der Waals surface area contributed by atoms with Gasteiger partial charge < -0.3 is 19.7 Å². The average Bonchev–Trinajstić information content (AvgIpc) is 2.98. The molecule has 0 atom stereocenters. The SMILES string of the molecule is COc1ccc(/C=N/Nc2nc(Nc3ccccc3)nc(N3CCCCC3)n2)cc1OCc1ccc(Cl)cc1Cl. The second-order valence-corrected chi connectivity index (χ2v) is 9.97. The van der Waals surface area contributed by atoms with Gasteiger partial charge in [0.1, 0.15) is 6.61 Å². The number of aromatic nitrogens is 3. The molecule has 11 heteroatoms. The summed E-state index contributed by atoms with van der Waals surface area (Å²) < 4.78 is 11.5. The molecule has 1 fully saturated rings. The van der Waals surface area contributed by atoms with Crippen molar-refractivity contribution in [1.29, 1.82) is 0 Å². The van der Waals surface area contributed by atoms with E-state index in [1.807, 2.05) is 54.6 Å². The van der Waals surface area contributed by atoms with Crippen LogP contribution in [0, 0.1) is 0 Å². The van der Waals surface area contributed by atoms with Crippen LogP contribution in [-0.2, 0) is 6.61 Å². The first-order valence-electron chi connectivity index (χ1n) is 12.9. The number of piperidine rings is 1. The summed E-state index contributed by atoms with van der Waals surface area (Å²) >= 11 is 12.3. The van der Waals surface area contributed by atoms with Crippen molar-refractivity contribution in [1.82, 2.24) is 15.0 Å². The van der Waals surface area contributed by atoms with Gasteiger partial charge in [0.05, 0.1) is 13.3 Å². The summed E-state index contributed by atoms with van der Waals surface area (Å²) in [6.07, 6.45) is 5.10. The van der Waals surface area contributed by atoms with Gasteiger partial charge in [0.2, 0.25) is 17.8 Å². The predicted molar refractivity (Wildman–Crippen MR) is 161 cm³/mol. The molecule has 0 bridgehead atoms. The lowest BCUT2D eigenvalue weighted by molar-refractivity contribution is 0.284. The zero-order chi connectivity index (χ0) is 27.7. The topological polar surface area (TPSA) is 96.8 Å². The third-order valence-electron chi connectivity index (χ3n) is 6.26. The van der Waals surface area contributed by atoms with Crippen molar-refractivity contribution in [2.75, 3.05) is 35.8 Å². The molecule has 4 aromatic rings. The van der Waals surface area contributed by atoms with E-state index in [9.17, 15) is 0 Å². The van der Waals surface area contributed by atoms with Gasteiger partial charge in [0, 0.05) is 34.4 Å². The highest BCUT2D eigenvalue weighted by Crippen LogP contribution is 2.30. The van der Waals surface area contributed by atoms with Crippen LogP contribution in [0.3, 0.4) is 0 Å². The molecular weight excluding hydrogens is 549 g/mol. The molecule has 0 spiro atoms. The van der Waals surface area contributed by atoms with Crippen LogP contribution in [0.2, 0.25) is 10.0 Å². The maximum absolute atomic E-state index is 6.30. The molecule has 2 N–H and O–H groups in total. The molecule has 0 amide bonds. The Morgan fingerprint density at radius 1 is 0.900 bits per heavy atom. The lowest BCUT2D eigenvalue weighted by Crippen LogP contribution is -2.31. The van der Waals surface area contributed by atoms with Gasteiger partial charge >= 0.3 is 0 Å². The number of hydrazone groups is 1. The van der Waals surface area contributed by atoms with Crippen molar-refractivity contribution in [3.63, 3.8) is 0 Å². The van der Waals surface area contributed by atoms with Gasteiger partial charge in [-0.25, -0.2) is 5.43 Å². The van der Waals surface area contributed by atoms with E-state index in [-0.39, 0.29) is 6.61 Å². The summed E-state index contributed by atoms with van der Waals surface area (Å²) in [7, 11) is 1.59. The minimum absolute atomic E-state index is 0.256. The van der Waals surface area contributed by atoms with Crippen LogP contribution in [0.5, 0.6) is 11.5 Å². The number of nitrogens with one attached hydrogen (secondary N) is 2. The van der Waals surface area contributed by atoms with Crippen molar-refractivity contribution >= 4 is 52.9 Å². The maximum Gasteiger partial charge on any atom is 0.250 e. The molecule has 1 aromatic heterocycles. The van der Waals surface area contributed by atoms with Crippen molar-refractivity contribution in [2.24, 2.45) is 5.10 Å². The van der Waals surface area contributed by atoms with E-state index in [0.29, 0.717) is 39.4 Å². The summed E-state index contributed by atoms with van der Waals surface area (Å²) in [5, 5.41) is 8.75. The monoisotopic (exact) mass is 577 g/mol. The molecule has 1 saturated heterocycles. The van der Waals surface area contributed by atoms with E-state index in [1.54, 1.807) is 25.5 Å². The minimum atomic E-state index is 0.256. The van der Waals surface area contributed by atoms with E-state index in [2.05, 4.69) is 35.7 Å². The highest BCUT2D eigenvalue weighted by atomic mass is 35.5. The molecule has 1 aliphatic rings. The normalized spacial score (nSPS) is 13.3. The van der Waals surface area contributed by atoms with Crippen LogP contribution in [0.1, 0.15) is 30.4 Å². The number of halogens is 2. The molecule has 0 saturated carbocycles. The molecule has 40 heavy (non-hydrogen) atoms. The number of hydrogen-bond acceptors (Lipinski definition) is 9. The fourth-order valence-electron chi connectivity index (χ4n) is 4.20. The zero-order valence-corrected chi connectivity index (χ0v) is 23.5. The molecule has 1 aliphatic heterocycles. The number of anilines is 4. The highest BCUT2D eigenvalue weighted by Gasteiger charge is 2.16. The Bertz CT molecular complexity index is 1460. The summed E-state index contributed by atoms with van der Waals surface area (Å²) in [6, 6.07) is 20.6. The van der Waals surface area contributed by atoms with E-state index < -0.39 is 0 Å². The van der Waals surface area contributed by atoms with Crippen LogP contribution >= 0.6 is 23.2 Å². The second-order valence-electron chi connectivity index (χ2n) is 9.13. The first kappa shape index (κ1) is 27.5. The smallest absolute Gasteiger partial charge is 0.250 e. The zero-order valence-electron chi connectivity index (χ0n) is 22.0. The predicted octanol–water partition coefficient (Wildman–Crippen LogP) is 6.95. The Balaban J connectivity index is 1.32. The lowest BCUT2D eigenvalue weighted by Gasteiger charge is -2.26. The van der Waals surface area contributed by atoms with Crippen LogP contribution in [0.25, 0.3) is 0 Å². The second kappa shape index (κ2) is 13.3. The van der Waals surface area contributed by atoms with Crippen molar-refractivity contribution in [3.8, 4) is 11.5 Å². The largest absolute Gasteiger partial charge is 0.493 e. The number of rotatable bonds is 10. The standard InChI is InChI=1S/C29H29Cl2N7O2/c1-39-25-13-10-20(16-26(25)40-19-21-11-12-22(30)17-24(21)31)18-32-37-28-34-27(33-23-8-4-2-5-9-23)35-29(36-28)38-14-6-3-7-15-38/h2,4-5,8-13,16-18H,3,6-7,14-15,19H2,1H3,(H2,33,34,35,36,37)/b32-18+. The van der Waals surface area contributed by atoms with E-state index in [4.69, 9.17) is 32.7 Å². The lowest BCUT2D eigenvalue weighted by atomic mass is 10.1. The van der Waals surface area contributed by atoms with Gasteiger partial charge in [-0.3, -0.25) is 0 Å². The number of para-hydroxylation sites is 1. The average molecular weight is 579 g/mol. The van der Waals surface area contributed by atoms with Gasteiger partial charge in [0.15, 0.2) is 11.5 Å². The Morgan fingerprint density at radius 2 is 1.70 bits per heavy atom. The molecule has 0 unspecified atom stereocenters. The van der Waals surface area contributed by atoms with Crippen molar-refractivity contribution in [3.05, 3.63) is 87.9 Å². The third kappa shape index (κ3) is 7.31. The Kier molecular flexibility index (Phi) is 9.15. The molecule has 3 aromatic carbocycles. The number of nitrogens with zero attached hydrogens (tertiary/aromatic N) is 5. The first-order chi connectivity index (χ1) is 19.6. The molecule has 5 rings (SSSR count). The van der Waals surface area contributed by atoms with Gasteiger partial charge in [-0.05, 0) is 67.3 Å². The quantitative estimate of drug-likeness (QED) is 0.154. The van der Waals surface area contributed by atoms with Gasteiger partial charge in [-0.2, -0.15) is 20.1 Å². The summed E-state index contributed by atoms with van der Waals surface area (Å²) in [6.45, 7) is 2.08.